The maximum absolute atomic E-state index is 2.55. The van der Waals surface area contributed by atoms with Crippen LogP contribution in [0.5, 0.6) is 0 Å². The Labute approximate surface area is 264 Å². The van der Waals surface area contributed by atoms with Crippen LogP contribution in [0, 0.1) is 71.0 Å². The fraction of sp³-hybridized carbons (Fsp3) is 0.714. The lowest BCUT2D eigenvalue weighted by molar-refractivity contribution is -0.155. The lowest BCUT2D eigenvalue weighted by Crippen LogP contribution is -2.57. The Balaban J connectivity index is 0.988. The molecule has 0 saturated heterocycles. The normalized spacial score (nSPS) is 45.7. The van der Waals surface area contributed by atoms with Crippen molar-refractivity contribution in [2.24, 2.45) is 71.0 Å². The highest BCUT2D eigenvalue weighted by molar-refractivity contribution is 7.26. The van der Waals surface area contributed by atoms with Crippen LogP contribution in [0.15, 0.2) is 42.5 Å². The van der Waals surface area contributed by atoms with Crippen molar-refractivity contribution in [3.8, 4) is 0 Å². The van der Waals surface area contributed by atoms with E-state index in [4.69, 9.17) is 0 Å². The van der Waals surface area contributed by atoms with Gasteiger partial charge in [-0.15, -0.1) is 11.3 Å². The summed E-state index contributed by atoms with van der Waals surface area (Å²) < 4.78 is 3.10. The van der Waals surface area contributed by atoms with E-state index in [0.717, 1.165) is 76.9 Å². The largest absolute Gasteiger partial charge is 0.135 e. The Morgan fingerprint density at radius 2 is 0.860 bits per heavy atom. The third-order valence-electron chi connectivity index (χ3n) is 15.9. The molecule has 7 aliphatic carbocycles. The van der Waals surface area contributed by atoms with Crippen molar-refractivity contribution in [1.82, 2.24) is 0 Å². The molecule has 7 fully saturated rings. The van der Waals surface area contributed by atoms with E-state index in [1.54, 1.807) is 93.7 Å². The number of hydrogen-bond acceptors (Lipinski definition) is 1. The summed E-state index contributed by atoms with van der Waals surface area (Å²) in [6, 6.07) is 16.5. The van der Waals surface area contributed by atoms with Gasteiger partial charge in [-0.2, -0.15) is 0 Å². The first kappa shape index (κ1) is 26.8. The highest BCUT2D eigenvalue weighted by Gasteiger charge is 2.59. The van der Waals surface area contributed by atoms with E-state index in [0.29, 0.717) is 0 Å². The van der Waals surface area contributed by atoms with Crippen LogP contribution in [-0.2, 0) is 0 Å². The van der Waals surface area contributed by atoms with Crippen LogP contribution in [0.3, 0.4) is 0 Å². The third kappa shape index (κ3) is 4.11. The highest BCUT2D eigenvalue weighted by atomic mass is 32.1. The molecule has 0 spiro atoms. The Morgan fingerprint density at radius 3 is 1.44 bits per heavy atom. The number of hydrogen-bond donors (Lipinski definition) is 0. The summed E-state index contributed by atoms with van der Waals surface area (Å²) in [5.41, 5.74) is 1.72. The van der Waals surface area contributed by atoms with Crippen LogP contribution in [-0.4, -0.2) is 0 Å². The van der Waals surface area contributed by atoms with Gasteiger partial charge in [0.1, 0.15) is 0 Å². The third-order valence-corrected chi connectivity index (χ3v) is 17.2. The zero-order chi connectivity index (χ0) is 28.1. The molecule has 3 aromatic rings. The van der Waals surface area contributed by atoms with Crippen LogP contribution in [0.1, 0.15) is 121 Å². The molecule has 0 amide bonds. The Kier molecular flexibility index (Phi) is 6.62. The predicted octanol–water partition coefficient (Wildman–Crippen LogP) is 12.3. The molecular weight excluding hydrogens is 537 g/mol. The Bertz CT molecular complexity index is 1480. The molecule has 0 radical (unpaired) electrons. The van der Waals surface area contributed by atoms with Crippen molar-refractivity contribution < 1.29 is 0 Å². The van der Waals surface area contributed by atoms with Crippen molar-refractivity contribution in [3.05, 3.63) is 48.0 Å². The molecule has 7 aliphatic rings. The van der Waals surface area contributed by atoms with E-state index in [1.807, 2.05) is 0 Å². The molecule has 1 heterocycles. The molecule has 0 nitrogen and oxygen atoms in total. The average Bonchev–Trinajstić information content (AvgIpc) is 3.47. The number of benzene rings is 2. The van der Waals surface area contributed by atoms with Crippen LogP contribution in [0.4, 0.5) is 0 Å². The van der Waals surface area contributed by atoms with Crippen molar-refractivity contribution in [3.63, 3.8) is 0 Å². The number of fused-ring (bicyclic) bond motifs is 15. The van der Waals surface area contributed by atoms with Crippen LogP contribution < -0.4 is 0 Å². The number of rotatable bonds is 1. The Hall–Kier alpha value is -1.34. The van der Waals surface area contributed by atoms with E-state index in [-0.39, 0.29) is 0 Å². The van der Waals surface area contributed by atoms with Gasteiger partial charge in [0.05, 0.1) is 0 Å². The van der Waals surface area contributed by atoms with E-state index >= 15 is 0 Å². The molecule has 2 aromatic carbocycles. The first-order valence-electron chi connectivity index (χ1n) is 19.2. The fourth-order valence-corrected chi connectivity index (χ4v) is 16.0. The first-order chi connectivity index (χ1) is 21.3. The highest BCUT2D eigenvalue weighted by Crippen LogP contribution is 2.67. The van der Waals surface area contributed by atoms with Gasteiger partial charge in [0.2, 0.25) is 0 Å². The summed E-state index contributed by atoms with van der Waals surface area (Å²) in [6.07, 6.45) is 26.7. The molecule has 228 valence electrons. The second-order valence-electron chi connectivity index (χ2n) is 17.1. The maximum Gasteiger partial charge on any atom is 0.0390 e. The first-order valence-corrected chi connectivity index (χ1v) is 20.1. The number of thiophene rings is 1. The van der Waals surface area contributed by atoms with E-state index in [1.165, 1.54) is 41.2 Å². The summed E-state index contributed by atoms with van der Waals surface area (Å²) in [4.78, 5) is 0. The fourth-order valence-electron chi connectivity index (χ4n) is 14.7. The minimum Gasteiger partial charge on any atom is -0.135 e. The van der Waals surface area contributed by atoms with Crippen molar-refractivity contribution in [2.45, 2.75) is 115 Å². The van der Waals surface area contributed by atoms with Gasteiger partial charge in [-0.1, -0.05) is 74.9 Å². The molecule has 0 N–H and O–H groups in total. The molecule has 0 bridgehead atoms. The van der Waals surface area contributed by atoms with Gasteiger partial charge in [-0.25, -0.2) is 0 Å². The second-order valence-corrected chi connectivity index (χ2v) is 18.2. The van der Waals surface area contributed by atoms with Crippen molar-refractivity contribution >= 4 is 31.5 Å². The molecule has 10 rings (SSSR count). The van der Waals surface area contributed by atoms with Gasteiger partial charge >= 0.3 is 0 Å². The quantitative estimate of drug-likeness (QED) is 0.264. The van der Waals surface area contributed by atoms with E-state index in [9.17, 15) is 0 Å². The van der Waals surface area contributed by atoms with Gasteiger partial charge in [0.25, 0.3) is 0 Å². The zero-order valence-electron chi connectivity index (χ0n) is 26.5. The SMILES string of the molecule is c1ccc2c(c1)sc1c(C3CCC4C(C3)C3CCCCC3C3CC5C6CCCCC6C6CCCCC6C5CC43)cccc12. The van der Waals surface area contributed by atoms with Gasteiger partial charge in [0, 0.05) is 20.2 Å². The van der Waals surface area contributed by atoms with Crippen LogP contribution in [0.25, 0.3) is 20.2 Å². The van der Waals surface area contributed by atoms with E-state index < -0.39 is 0 Å². The molecule has 13 unspecified atom stereocenters. The van der Waals surface area contributed by atoms with Crippen LogP contribution in [0.2, 0.25) is 0 Å². The summed E-state index contributed by atoms with van der Waals surface area (Å²) in [6.45, 7) is 0. The predicted molar refractivity (Wildman–Crippen MR) is 182 cm³/mol. The summed E-state index contributed by atoms with van der Waals surface area (Å²) in [5.74, 6) is 13.9. The van der Waals surface area contributed by atoms with Crippen molar-refractivity contribution in [1.29, 1.82) is 0 Å². The summed E-state index contributed by atoms with van der Waals surface area (Å²) >= 11 is 2.08. The van der Waals surface area contributed by atoms with Crippen molar-refractivity contribution in [2.75, 3.05) is 0 Å². The molecule has 43 heavy (non-hydrogen) atoms. The smallest absolute Gasteiger partial charge is 0.0390 e. The minimum atomic E-state index is 0.786. The standard InChI is InChI=1S/C42H54S/c1-3-12-29-27(10-1)28-11-2-4-13-30(28)38-24-40-33-21-20-25(22-36(33)31-14-5-6-15-32(31)39(40)23-37(29)38)26-17-9-18-35-34-16-7-8-19-41(34)43-42(26)35/h7-9,16-19,25,27-33,36-40H,1-6,10-15,20-24H2. The molecule has 1 heteroatoms. The minimum absolute atomic E-state index is 0.786. The second kappa shape index (κ2) is 10.6. The molecule has 7 saturated carbocycles. The Morgan fingerprint density at radius 1 is 0.395 bits per heavy atom. The molecule has 0 aliphatic heterocycles. The lowest BCUT2D eigenvalue weighted by Gasteiger charge is -2.65. The lowest BCUT2D eigenvalue weighted by atomic mass is 9.40. The summed E-state index contributed by atoms with van der Waals surface area (Å²) in [5, 5.41) is 3.01. The average molecular weight is 591 g/mol. The van der Waals surface area contributed by atoms with Gasteiger partial charge < -0.3 is 0 Å². The molecule has 1 aromatic heterocycles. The zero-order valence-corrected chi connectivity index (χ0v) is 27.3. The van der Waals surface area contributed by atoms with E-state index in [2.05, 4.69) is 53.8 Å². The van der Waals surface area contributed by atoms with Gasteiger partial charge in [-0.05, 0) is 159 Å². The summed E-state index contributed by atoms with van der Waals surface area (Å²) in [7, 11) is 0. The maximum atomic E-state index is 2.55. The van der Waals surface area contributed by atoms with Gasteiger partial charge in [-0.3, -0.25) is 0 Å². The monoisotopic (exact) mass is 590 g/mol. The van der Waals surface area contributed by atoms with Crippen LogP contribution >= 0.6 is 11.3 Å². The van der Waals surface area contributed by atoms with Gasteiger partial charge in [0.15, 0.2) is 0 Å². The molecular formula is C42H54S. The molecule has 13 atom stereocenters. The topological polar surface area (TPSA) is 0 Å².